The van der Waals surface area contributed by atoms with E-state index in [2.05, 4.69) is 14.7 Å². The van der Waals surface area contributed by atoms with E-state index < -0.39 is 35.2 Å². The van der Waals surface area contributed by atoms with Crippen LogP contribution in [0, 0.1) is 17.5 Å². The topological polar surface area (TPSA) is 89.5 Å². The monoisotopic (exact) mass is 669 g/mol. The van der Waals surface area contributed by atoms with Crippen molar-refractivity contribution in [3.8, 4) is 21.8 Å². The van der Waals surface area contributed by atoms with Gasteiger partial charge in [-0.2, -0.15) is 0 Å². The smallest absolute Gasteiger partial charge is 0.411 e. The number of halogens is 5. The molecule has 1 N–H and O–H groups in total. The molecule has 1 fully saturated rings. The van der Waals surface area contributed by atoms with E-state index in [0.29, 0.717) is 34.1 Å². The van der Waals surface area contributed by atoms with E-state index in [4.69, 9.17) is 37.7 Å². The number of nitrogens with zero attached hydrogens (tertiary/aromatic N) is 4. The molecule has 226 valence electrons. The van der Waals surface area contributed by atoms with Gasteiger partial charge in [-0.3, -0.25) is 4.90 Å². The van der Waals surface area contributed by atoms with E-state index >= 15 is 4.39 Å². The molecule has 2 aromatic carbocycles. The Morgan fingerprint density at radius 2 is 1.95 bits per heavy atom. The van der Waals surface area contributed by atoms with Gasteiger partial charge in [0.15, 0.2) is 5.82 Å². The van der Waals surface area contributed by atoms with E-state index in [1.165, 1.54) is 34.6 Å². The third-order valence-corrected chi connectivity index (χ3v) is 8.43. The number of aromatic nitrogens is 3. The summed E-state index contributed by atoms with van der Waals surface area (Å²) in [6, 6.07) is 6.62. The second-order valence-electron chi connectivity index (χ2n) is 10.3. The number of morpholine rings is 1. The highest BCUT2D eigenvalue weighted by Gasteiger charge is 2.35. The first-order chi connectivity index (χ1) is 20.4. The van der Waals surface area contributed by atoms with Crippen molar-refractivity contribution in [3.05, 3.63) is 75.4 Å². The average molecular weight is 671 g/mol. The summed E-state index contributed by atoms with van der Waals surface area (Å²) >= 11 is 14.4. The zero-order chi connectivity index (χ0) is 30.9. The van der Waals surface area contributed by atoms with Crippen molar-refractivity contribution in [1.29, 1.82) is 0 Å². The van der Waals surface area contributed by atoms with Crippen molar-refractivity contribution in [2.24, 2.45) is 0 Å². The molecular weight excluding hydrogens is 646 g/mol. The van der Waals surface area contributed by atoms with Gasteiger partial charge in [0.25, 0.3) is 0 Å². The summed E-state index contributed by atoms with van der Waals surface area (Å²) < 4.78 is 58.0. The molecule has 1 unspecified atom stereocenters. The first kappa shape index (κ1) is 31.3. The maximum atomic E-state index is 16.1. The number of thiazole rings is 1. The van der Waals surface area contributed by atoms with E-state index in [1.807, 2.05) is 0 Å². The lowest BCUT2D eigenvalue weighted by molar-refractivity contribution is -0.0331. The highest BCUT2D eigenvalue weighted by Crippen LogP contribution is 2.43. The molecule has 0 bridgehead atoms. The molecule has 5 rings (SSSR count). The minimum atomic E-state index is -0.754. The molecular formula is C28H24Cl2F3N5O3S2. The lowest BCUT2D eigenvalue weighted by atomic mass is 10.1. The van der Waals surface area contributed by atoms with Gasteiger partial charge in [-0.25, -0.2) is 32.9 Å². The molecule has 0 aliphatic carbocycles. The molecule has 0 radical (unpaired) electrons. The van der Waals surface area contributed by atoms with Crippen molar-refractivity contribution in [3.63, 3.8) is 0 Å². The maximum absolute atomic E-state index is 16.1. The van der Waals surface area contributed by atoms with Crippen molar-refractivity contribution >= 4 is 58.3 Å². The maximum Gasteiger partial charge on any atom is 0.411 e. The summed E-state index contributed by atoms with van der Waals surface area (Å²) in [4.78, 5) is 28.0. The van der Waals surface area contributed by atoms with Crippen LogP contribution in [0.2, 0.25) is 10.3 Å². The van der Waals surface area contributed by atoms with Crippen LogP contribution in [0.4, 0.5) is 23.7 Å². The van der Waals surface area contributed by atoms with E-state index in [0.717, 1.165) is 18.2 Å². The molecule has 4 aromatic rings. The Balaban J connectivity index is 1.58. The number of rotatable bonds is 6. The van der Waals surface area contributed by atoms with Gasteiger partial charge in [0.1, 0.15) is 28.3 Å². The number of carbonyl (C=O) groups excluding carboxylic acids is 1. The van der Waals surface area contributed by atoms with Crippen molar-refractivity contribution in [2.45, 2.75) is 37.3 Å². The number of benzene rings is 2. The number of anilines is 1. The summed E-state index contributed by atoms with van der Waals surface area (Å²) in [5, 5.41) is 0.560. The largest absolute Gasteiger partial charge is 0.444 e. The molecule has 0 saturated carbocycles. The molecule has 43 heavy (non-hydrogen) atoms. The molecule has 3 heterocycles. The molecule has 1 aliphatic rings. The first-order valence-corrected chi connectivity index (χ1v) is 15.2. The lowest BCUT2D eigenvalue weighted by Crippen LogP contribution is -2.45. The van der Waals surface area contributed by atoms with Crippen LogP contribution in [-0.4, -0.2) is 51.3 Å². The van der Waals surface area contributed by atoms with Crippen LogP contribution in [0.25, 0.3) is 21.8 Å². The summed E-state index contributed by atoms with van der Waals surface area (Å²) in [7, 11) is 0. The van der Waals surface area contributed by atoms with Crippen LogP contribution in [0.15, 0.2) is 47.5 Å². The highest BCUT2D eigenvalue weighted by molar-refractivity contribution is 8.00. The summed E-state index contributed by atoms with van der Waals surface area (Å²) in [5.41, 5.74) is -0.271. The molecule has 15 heteroatoms. The van der Waals surface area contributed by atoms with E-state index in [9.17, 15) is 13.6 Å². The van der Waals surface area contributed by atoms with Crippen LogP contribution >= 0.6 is 46.5 Å². The number of carbonyl (C=O) groups is 1. The summed E-state index contributed by atoms with van der Waals surface area (Å²) in [5.74, 6) is -2.08. The Labute approximate surface area is 263 Å². The standard InChI is InChI=1S/C28H24Cl2F3N5O3S2/c1-28(2,3)41-27(39)38-8-9-40-13-20(38)25-36-23(24(42-25)18-6-7-34-26(30)35-18)16-10-14(29)11-19(22(16)33)37-43-21-12-15(31)4-5-17(21)32/h4-7,10-12,20,37H,8-9,13H2,1-3H3. The average Bonchev–Trinajstić information content (AvgIpc) is 3.39. The van der Waals surface area contributed by atoms with Gasteiger partial charge in [0.05, 0.1) is 40.1 Å². The Hall–Kier alpha value is -3.10. The first-order valence-electron chi connectivity index (χ1n) is 12.8. The van der Waals surface area contributed by atoms with E-state index in [1.54, 1.807) is 26.8 Å². The predicted molar refractivity (Wildman–Crippen MR) is 161 cm³/mol. The third kappa shape index (κ3) is 7.35. The molecule has 8 nitrogen and oxygen atoms in total. The normalized spacial score (nSPS) is 15.4. The number of nitrogens with one attached hydrogen (secondary N) is 1. The quantitative estimate of drug-likeness (QED) is 0.162. The van der Waals surface area contributed by atoms with Gasteiger partial charge >= 0.3 is 6.09 Å². The van der Waals surface area contributed by atoms with Gasteiger partial charge in [-0.1, -0.05) is 11.6 Å². The number of hydrogen-bond acceptors (Lipinski definition) is 9. The van der Waals surface area contributed by atoms with Crippen LogP contribution in [-0.2, 0) is 9.47 Å². The number of ether oxygens (including phenoxy) is 2. The molecule has 1 aliphatic heterocycles. The fraction of sp³-hybridized carbons (Fsp3) is 0.286. The van der Waals surface area contributed by atoms with Gasteiger partial charge in [0, 0.05) is 23.3 Å². The fourth-order valence-corrected chi connectivity index (χ4v) is 6.36. The molecule has 1 atom stereocenters. The minimum absolute atomic E-state index is 0.00287. The van der Waals surface area contributed by atoms with Crippen molar-refractivity contribution in [2.75, 3.05) is 24.5 Å². The molecule has 1 saturated heterocycles. The second kappa shape index (κ2) is 12.9. The SMILES string of the molecule is CC(C)(C)OC(=O)N1CCOCC1c1nc(-c2cc(Cl)cc(NSc3cc(F)ccc3F)c2F)c(-c2ccnc(Cl)n2)s1. The summed E-state index contributed by atoms with van der Waals surface area (Å²) in [6.45, 7) is 6.02. The Morgan fingerprint density at radius 3 is 2.70 bits per heavy atom. The fourth-order valence-electron chi connectivity index (χ4n) is 4.15. The van der Waals surface area contributed by atoms with Gasteiger partial charge in [0.2, 0.25) is 5.28 Å². The zero-order valence-corrected chi connectivity index (χ0v) is 26.1. The van der Waals surface area contributed by atoms with Gasteiger partial charge in [-0.05, 0) is 80.7 Å². The Morgan fingerprint density at radius 1 is 1.16 bits per heavy atom. The molecule has 1 amide bonds. The lowest BCUT2D eigenvalue weighted by Gasteiger charge is -2.35. The van der Waals surface area contributed by atoms with Crippen LogP contribution in [0.3, 0.4) is 0 Å². The highest BCUT2D eigenvalue weighted by atomic mass is 35.5. The predicted octanol–water partition coefficient (Wildman–Crippen LogP) is 8.42. The Bertz CT molecular complexity index is 1670. The number of hydrogen-bond donors (Lipinski definition) is 1. The van der Waals surface area contributed by atoms with Crippen LogP contribution in [0.5, 0.6) is 0 Å². The zero-order valence-electron chi connectivity index (χ0n) is 23.0. The summed E-state index contributed by atoms with van der Waals surface area (Å²) in [6.07, 6.45) is 0.918. The molecule has 0 spiro atoms. The van der Waals surface area contributed by atoms with Gasteiger partial charge < -0.3 is 14.2 Å². The molecule has 2 aromatic heterocycles. The van der Waals surface area contributed by atoms with Crippen molar-refractivity contribution < 1.29 is 27.4 Å². The minimum Gasteiger partial charge on any atom is -0.444 e. The van der Waals surface area contributed by atoms with Crippen LogP contribution < -0.4 is 4.72 Å². The van der Waals surface area contributed by atoms with Crippen molar-refractivity contribution in [1.82, 2.24) is 19.9 Å². The van der Waals surface area contributed by atoms with Crippen LogP contribution in [0.1, 0.15) is 31.8 Å². The third-order valence-electron chi connectivity index (χ3n) is 6.00. The Kier molecular flexibility index (Phi) is 9.37. The second-order valence-corrected chi connectivity index (χ2v) is 13.0. The number of amides is 1. The van der Waals surface area contributed by atoms with Gasteiger partial charge in [-0.15, -0.1) is 11.3 Å². The van der Waals surface area contributed by atoms with E-state index in [-0.39, 0.29) is 45.3 Å².